The Bertz CT molecular complexity index is 891. The van der Waals surface area contributed by atoms with E-state index in [-0.39, 0.29) is 11.7 Å². The predicted molar refractivity (Wildman–Crippen MR) is 93.7 cm³/mol. The lowest BCUT2D eigenvalue weighted by molar-refractivity contribution is -0.0503. The number of anilines is 1. The third-order valence-corrected chi connectivity index (χ3v) is 3.88. The van der Waals surface area contributed by atoms with Crippen molar-refractivity contribution in [2.24, 2.45) is 0 Å². The van der Waals surface area contributed by atoms with Gasteiger partial charge in [0.1, 0.15) is 11.5 Å². The lowest BCUT2D eigenvalue weighted by Gasteiger charge is -2.13. The van der Waals surface area contributed by atoms with Gasteiger partial charge in [-0.25, -0.2) is 0 Å². The standard InChI is InChI=1S/C20H17F2NO3/c1-13-17(9-10-25-13)19(24)23-16-7-8-18(26-20(21)22)15(12-16)11-14-5-3-2-4-6-14/h2-10,12,20H,11H2,1H3,(H,23,24). The highest BCUT2D eigenvalue weighted by molar-refractivity contribution is 6.05. The number of hydrogen-bond acceptors (Lipinski definition) is 3. The molecule has 0 radical (unpaired) electrons. The van der Waals surface area contributed by atoms with Crippen LogP contribution in [0.25, 0.3) is 0 Å². The third-order valence-electron chi connectivity index (χ3n) is 3.88. The smallest absolute Gasteiger partial charge is 0.387 e. The number of benzene rings is 2. The Morgan fingerprint density at radius 2 is 1.92 bits per heavy atom. The van der Waals surface area contributed by atoms with E-state index in [0.29, 0.717) is 29.0 Å². The minimum atomic E-state index is -2.92. The van der Waals surface area contributed by atoms with Crippen molar-refractivity contribution < 1.29 is 22.7 Å². The zero-order valence-electron chi connectivity index (χ0n) is 14.0. The summed E-state index contributed by atoms with van der Waals surface area (Å²) in [5, 5.41) is 2.75. The van der Waals surface area contributed by atoms with E-state index in [1.165, 1.54) is 18.4 Å². The summed E-state index contributed by atoms with van der Waals surface area (Å²) in [6.07, 6.45) is 1.84. The summed E-state index contributed by atoms with van der Waals surface area (Å²) in [7, 11) is 0. The molecule has 1 aromatic heterocycles. The van der Waals surface area contributed by atoms with Gasteiger partial charge in [0, 0.05) is 17.7 Å². The van der Waals surface area contributed by atoms with Gasteiger partial charge in [-0.3, -0.25) is 4.79 Å². The van der Waals surface area contributed by atoms with Gasteiger partial charge in [-0.2, -0.15) is 8.78 Å². The molecular weight excluding hydrogens is 340 g/mol. The average molecular weight is 357 g/mol. The maximum Gasteiger partial charge on any atom is 0.387 e. The molecule has 2 aromatic carbocycles. The van der Waals surface area contributed by atoms with Crippen molar-refractivity contribution in [1.82, 2.24) is 0 Å². The van der Waals surface area contributed by atoms with E-state index in [2.05, 4.69) is 10.1 Å². The molecule has 0 fully saturated rings. The topological polar surface area (TPSA) is 51.5 Å². The summed E-state index contributed by atoms with van der Waals surface area (Å²) in [6, 6.07) is 15.6. The van der Waals surface area contributed by atoms with E-state index in [4.69, 9.17) is 4.42 Å². The van der Waals surface area contributed by atoms with Crippen LogP contribution in [0.2, 0.25) is 0 Å². The Kier molecular flexibility index (Phi) is 5.31. The van der Waals surface area contributed by atoms with E-state index in [9.17, 15) is 13.6 Å². The summed E-state index contributed by atoms with van der Waals surface area (Å²) in [5.74, 6) is 0.260. The number of ether oxygens (including phenoxy) is 1. The number of nitrogens with one attached hydrogen (secondary N) is 1. The Hall–Kier alpha value is -3.15. The highest BCUT2D eigenvalue weighted by Crippen LogP contribution is 2.27. The lowest BCUT2D eigenvalue weighted by atomic mass is 10.0. The molecular formula is C20H17F2NO3. The van der Waals surface area contributed by atoms with E-state index in [0.717, 1.165) is 5.56 Å². The maximum atomic E-state index is 12.7. The summed E-state index contributed by atoms with van der Waals surface area (Å²) in [4.78, 5) is 12.3. The maximum absolute atomic E-state index is 12.7. The molecule has 6 heteroatoms. The van der Waals surface area contributed by atoms with Crippen molar-refractivity contribution in [3.63, 3.8) is 0 Å². The second-order valence-corrected chi connectivity index (χ2v) is 5.71. The molecule has 3 aromatic rings. The SMILES string of the molecule is Cc1occc1C(=O)Nc1ccc(OC(F)F)c(Cc2ccccc2)c1. The fraction of sp³-hybridized carbons (Fsp3) is 0.150. The molecule has 1 N–H and O–H groups in total. The van der Waals surface area contributed by atoms with Crippen LogP contribution in [0.15, 0.2) is 65.3 Å². The van der Waals surface area contributed by atoms with Crippen LogP contribution in [0.3, 0.4) is 0 Å². The van der Waals surface area contributed by atoms with Crippen molar-refractivity contribution in [3.05, 3.63) is 83.3 Å². The number of amides is 1. The number of hydrogen-bond donors (Lipinski definition) is 1. The number of aryl methyl sites for hydroxylation is 1. The minimum Gasteiger partial charge on any atom is -0.469 e. The van der Waals surface area contributed by atoms with Crippen molar-refractivity contribution in [2.45, 2.75) is 20.0 Å². The number of carbonyl (C=O) groups excluding carboxylic acids is 1. The van der Waals surface area contributed by atoms with Gasteiger partial charge in [0.2, 0.25) is 0 Å². The van der Waals surface area contributed by atoms with E-state index in [1.807, 2.05) is 30.3 Å². The highest BCUT2D eigenvalue weighted by atomic mass is 19.3. The van der Waals surface area contributed by atoms with Crippen molar-refractivity contribution in [1.29, 1.82) is 0 Å². The Balaban J connectivity index is 1.86. The van der Waals surface area contributed by atoms with Crippen LogP contribution >= 0.6 is 0 Å². The van der Waals surface area contributed by atoms with Crippen LogP contribution in [0, 0.1) is 6.92 Å². The van der Waals surface area contributed by atoms with Crippen molar-refractivity contribution in [3.8, 4) is 5.75 Å². The number of rotatable bonds is 6. The first kappa shape index (κ1) is 17.7. The molecule has 0 aliphatic carbocycles. The van der Waals surface area contributed by atoms with Crippen LogP contribution in [-0.4, -0.2) is 12.5 Å². The number of alkyl halides is 2. The van der Waals surface area contributed by atoms with Crippen molar-refractivity contribution in [2.75, 3.05) is 5.32 Å². The van der Waals surface area contributed by atoms with Gasteiger partial charge in [0.15, 0.2) is 0 Å². The van der Waals surface area contributed by atoms with E-state index >= 15 is 0 Å². The number of carbonyl (C=O) groups is 1. The van der Waals surface area contributed by atoms with E-state index < -0.39 is 6.61 Å². The first-order valence-electron chi connectivity index (χ1n) is 8.00. The summed E-state index contributed by atoms with van der Waals surface area (Å²) >= 11 is 0. The predicted octanol–water partition coefficient (Wildman–Crippen LogP) is 5.03. The molecule has 1 amide bonds. The molecule has 0 aliphatic rings. The zero-order chi connectivity index (χ0) is 18.5. The Morgan fingerprint density at radius 1 is 1.15 bits per heavy atom. The first-order chi connectivity index (χ1) is 12.5. The molecule has 0 unspecified atom stereocenters. The number of halogens is 2. The molecule has 0 spiro atoms. The second-order valence-electron chi connectivity index (χ2n) is 5.71. The van der Waals surface area contributed by atoms with Gasteiger partial charge < -0.3 is 14.5 Å². The Morgan fingerprint density at radius 3 is 2.58 bits per heavy atom. The summed E-state index contributed by atoms with van der Waals surface area (Å²) in [5.41, 5.74) is 2.41. The molecule has 3 rings (SSSR count). The molecule has 4 nitrogen and oxygen atoms in total. The summed E-state index contributed by atoms with van der Waals surface area (Å²) < 4.78 is 35.1. The fourth-order valence-corrected chi connectivity index (χ4v) is 2.64. The van der Waals surface area contributed by atoms with Crippen LogP contribution in [0.4, 0.5) is 14.5 Å². The average Bonchev–Trinajstić information content (AvgIpc) is 3.04. The molecule has 26 heavy (non-hydrogen) atoms. The van der Waals surface area contributed by atoms with Gasteiger partial charge >= 0.3 is 6.61 Å². The van der Waals surface area contributed by atoms with Crippen LogP contribution in [-0.2, 0) is 6.42 Å². The number of furan rings is 1. The molecule has 0 saturated heterocycles. The van der Waals surface area contributed by atoms with Crippen LogP contribution < -0.4 is 10.1 Å². The molecule has 0 saturated carbocycles. The van der Waals surface area contributed by atoms with Crippen LogP contribution in [0.1, 0.15) is 27.2 Å². The normalized spacial score (nSPS) is 10.8. The quantitative estimate of drug-likeness (QED) is 0.673. The lowest BCUT2D eigenvalue weighted by Crippen LogP contribution is -2.13. The molecule has 0 bridgehead atoms. The first-order valence-corrected chi connectivity index (χ1v) is 8.00. The van der Waals surface area contributed by atoms with Gasteiger partial charge in [0.05, 0.1) is 11.8 Å². The second kappa shape index (κ2) is 7.82. The minimum absolute atomic E-state index is 0.0846. The molecule has 134 valence electrons. The fourth-order valence-electron chi connectivity index (χ4n) is 2.64. The third kappa shape index (κ3) is 4.27. The van der Waals surface area contributed by atoms with E-state index in [1.54, 1.807) is 19.1 Å². The molecule has 0 aliphatic heterocycles. The van der Waals surface area contributed by atoms with Gasteiger partial charge in [-0.15, -0.1) is 0 Å². The van der Waals surface area contributed by atoms with Crippen molar-refractivity contribution >= 4 is 11.6 Å². The van der Waals surface area contributed by atoms with Crippen LogP contribution in [0.5, 0.6) is 5.75 Å². The summed E-state index contributed by atoms with van der Waals surface area (Å²) in [6.45, 7) is -1.23. The van der Waals surface area contributed by atoms with Gasteiger partial charge in [-0.1, -0.05) is 30.3 Å². The van der Waals surface area contributed by atoms with Gasteiger partial charge in [0.25, 0.3) is 5.91 Å². The van der Waals surface area contributed by atoms with Gasteiger partial charge in [-0.05, 0) is 36.8 Å². The monoisotopic (exact) mass is 357 g/mol. The highest BCUT2D eigenvalue weighted by Gasteiger charge is 2.15. The zero-order valence-corrected chi connectivity index (χ0v) is 14.0. The Labute approximate surface area is 149 Å². The largest absolute Gasteiger partial charge is 0.469 e. The molecule has 1 heterocycles. The molecule has 0 atom stereocenters.